The molecule has 0 bridgehead atoms. The Morgan fingerprint density at radius 1 is 0.854 bits per heavy atom. The van der Waals surface area contributed by atoms with Crippen LogP contribution in [0.4, 0.5) is 11.4 Å². The molecular weight excluding hydrogens is 514 g/mol. The summed E-state index contributed by atoms with van der Waals surface area (Å²) in [5.74, 6) is -0.678. The van der Waals surface area contributed by atoms with Crippen molar-refractivity contribution in [3.8, 4) is 5.69 Å². The van der Waals surface area contributed by atoms with Gasteiger partial charge in [-0.3, -0.25) is 0 Å². The van der Waals surface area contributed by atoms with Crippen molar-refractivity contribution in [1.82, 2.24) is 24.4 Å². The molecule has 0 unspecified atom stereocenters. The molecule has 0 aliphatic carbocycles. The topological polar surface area (TPSA) is 91.8 Å². The zero-order chi connectivity index (χ0) is 29.0. The average Bonchev–Trinajstić information content (AvgIpc) is 3.57. The highest BCUT2D eigenvalue weighted by Crippen LogP contribution is 2.36. The molecule has 0 aliphatic rings. The molecule has 0 radical (unpaired) electrons. The number of aromatic nitrogens is 5. The van der Waals surface area contributed by atoms with Crippen LogP contribution in [-0.2, 0) is 4.79 Å². The quantitative estimate of drug-likeness (QED) is 0.306. The molecule has 3 aromatic heterocycles. The van der Waals surface area contributed by atoms with E-state index >= 15 is 0 Å². The van der Waals surface area contributed by atoms with E-state index in [1.54, 1.807) is 4.52 Å². The molecule has 1 N–H and O–H groups in total. The van der Waals surface area contributed by atoms with Gasteiger partial charge in [-0.1, -0.05) is 0 Å². The summed E-state index contributed by atoms with van der Waals surface area (Å²) in [4.78, 5) is 15.2. The van der Waals surface area contributed by atoms with E-state index in [0.717, 1.165) is 61.6 Å². The van der Waals surface area contributed by atoms with Crippen molar-refractivity contribution >= 4 is 56.9 Å². The number of hydrogen-bond acceptors (Lipinski definition) is 6. The number of carboxylic acid groups (broad SMARTS) is 1. The zero-order valence-corrected chi connectivity index (χ0v) is 23.9. The third-order valence-electron chi connectivity index (χ3n) is 7.50. The fraction of sp³-hybridized carbons (Fsp3) is 0.188. The standard InChI is InChI=1S/C32H31N7O2/c1-19-15-29-26(17-21(19)16-25-20(2)35-39-30(13-14-31(40)41)33-34-32(25)39)27-18-24(37(5)6)11-12-28(27)38(29)23-9-7-22(8-10-23)36(3)4/h7-18H,1-6H3,(H,40,41)/b14-13+,25-16+. The number of fused-ring (bicyclic) bond motifs is 4. The first kappa shape index (κ1) is 26.1. The Bertz CT molecular complexity index is 2050. The van der Waals surface area contributed by atoms with Crippen LogP contribution >= 0.6 is 0 Å². The Hall–Kier alpha value is -5.18. The van der Waals surface area contributed by atoms with Gasteiger partial charge in [0.15, 0.2) is 11.5 Å². The summed E-state index contributed by atoms with van der Waals surface area (Å²) in [6.45, 7) is 4.03. The molecule has 0 spiro atoms. The molecule has 0 fully saturated rings. The Morgan fingerprint density at radius 2 is 1.54 bits per heavy atom. The number of carbonyl (C=O) groups is 1. The monoisotopic (exact) mass is 545 g/mol. The summed E-state index contributed by atoms with van der Waals surface area (Å²) in [6.07, 6.45) is 4.53. The van der Waals surface area contributed by atoms with Gasteiger partial charge in [0.05, 0.1) is 16.7 Å². The molecule has 9 heteroatoms. The molecule has 0 aliphatic heterocycles. The van der Waals surface area contributed by atoms with Gasteiger partial charge >= 0.3 is 5.97 Å². The molecule has 206 valence electrons. The lowest BCUT2D eigenvalue weighted by atomic mass is 10.0. The molecule has 0 saturated heterocycles. The Balaban J connectivity index is 1.59. The second-order valence-electron chi connectivity index (χ2n) is 10.7. The molecule has 6 rings (SSSR count). The summed E-state index contributed by atoms with van der Waals surface area (Å²) in [5, 5.41) is 25.2. The van der Waals surface area contributed by atoms with Gasteiger partial charge < -0.3 is 19.5 Å². The number of hydrogen-bond donors (Lipinski definition) is 1. The Kier molecular flexibility index (Phi) is 6.22. The van der Waals surface area contributed by atoms with Crippen molar-refractivity contribution in [1.29, 1.82) is 0 Å². The average molecular weight is 546 g/mol. The first-order chi connectivity index (χ1) is 19.6. The normalized spacial score (nSPS) is 12.4. The molecule has 9 nitrogen and oxygen atoms in total. The van der Waals surface area contributed by atoms with Crippen LogP contribution in [0.2, 0.25) is 0 Å². The van der Waals surface area contributed by atoms with Crippen molar-refractivity contribution in [2.75, 3.05) is 38.0 Å². The van der Waals surface area contributed by atoms with Crippen LogP contribution < -0.4 is 15.0 Å². The van der Waals surface area contributed by atoms with Crippen LogP contribution in [0.3, 0.4) is 0 Å². The second-order valence-corrected chi connectivity index (χ2v) is 10.7. The van der Waals surface area contributed by atoms with Crippen LogP contribution in [0.15, 0.2) is 60.7 Å². The number of anilines is 2. The molecule has 0 amide bonds. The van der Waals surface area contributed by atoms with E-state index < -0.39 is 5.97 Å². The number of aliphatic carboxylic acids is 1. The van der Waals surface area contributed by atoms with Crippen molar-refractivity contribution in [3.05, 3.63) is 88.5 Å². The van der Waals surface area contributed by atoms with Crippen molar-refractivity contribution in [3.63, 3.8) is 0 Å². The number of nitrogens with zero attached hydrogens (tertiary/aromatic N) is 7. The summed E-state index contributed by atoms with van der Waals surface area (Å²) in [5.41, 5.74) is 9.21. The Labute approximate surface area is 237 Å². The van der Waals surface area contributed by atoms with E-state index in [1.807, 2.05) is 21.0 Å². The van der Waals surface area contributed by atoms with E-state index in [2.05, 4.69) is 111 Å². The number of carboxylic acids is 1. The molecule has 6 aromatic rings. The first-order valence-electron chi connectivity index (χ1n) is 13.3. The maximum Gasteiger partial charge on any atom is 0.328 e. The van der Waals surface area contributed by atoms with E-state index in [0.29, 0.717) is 11.5 Å². The van der Waals surface area contributed by atoms with Crippen LogP contribution in [-0.4, -0.2) is 63.6 Å². The second kappa shape index (κ2) is 9.78. The molecule has 41 heavy (non-hydrogen) atoms. The minimum absolute atomic E-state index is 0.372. The zero-order valence-electron chi connectivity index (χ0n) is 23.9. The van der Waals surface area contributed by atoms with Crippen molar-refractivity contribution < 1.29 is 9.90 Å². The lowest BCUT2D eigenvalue weighted by Crippen LogP contribution is -2.08. The highest BCUT2D eigenvalue weighted by Gasteiger charge is 2.16. The summed E-state index contributed by atoms with van der Waals surface area (Å²) in [6, 6.07) is 19.7. The molecular formula is C32H31N7O2. The number of rotatable bonds is 6. The molecule has 0 atom stereocenters. The summed E-state index contributed by atoms with van der Waals surface area (Å²) >= 11 is 0. The first-order valence-corrected chi connectivity index (χ1v) is 13.3. The van der Waals surface area contributed by atoms with Gasteiger partial charge in [-0.25, -0.2) is 4.79 Å². The fourth-order valence-electron chi connectivity index (χ4n) is 5.28. The van der Waals surface area contributed by atoms with Crippen LogP contribution in [0.5, 0.6) is 0 Å². The van der Waals surface area contributed by atoms with E-state index in [9.17, 15) is 4.79 Å². The lowest BCUT2D eigenvalue weighted by molar-refractivity contribution is -0.131. The lowest BCUT2D eigenvalue weighted by Gasteiger charge is -2.15. The summed E-state index contributed by atoms with van der Waals surface area (Å²) in [7, 11) is 8.20. The van der Waals surface area contributed by atoms with E-state index in [4.69, 9.17) is 5.11 Å². The minimum Gasteiger partial charge on any atom is -0.478 e. The maximum atomic E-state index is 11.0. The molecule has 3 aromatic carbocycles. The third-order valence-corrected chi connectivity index (χ3v) is 7.50. The smallest absolute Gasteiger partial charge is 0.328 e. The highest BCUT2D eigenvalue weighted by atomic mass is 16.4. The number of benzene rings is 3. The predicted molar refractivity (Wildman–Crippen MR) is 165 cm³/mol. The highest BCUT2D eigenvalue weighted by molar-refractivity contribution is 6.11. The van der Waals surface area contributed by atoms with Gasteiger partial charge in [-0.2, -0.15) is 9.61 Å². The maximum absolute atomic E-state index is 11.0. The third kappa shape index (κ3) is 4.45. The minimum atomic E-state index is -1.05. The predicted octanol–water partition coefficient (Wildman–Crippen LogP) is 4.62. The fourth-order valence-corrected chi connectivity index (χ4v) is 5.28. The largest absolute Gasteiger partial charge is 0.478 e. The van der Waals surface area contributed by atoms with Gasteiger partial charge in [0.25, 0.3) is 0 Å². The van der Waals surface area contributed by atoms with Gasteiger partial charge in [0.1, 0.15) is 0 Å². The van der Waals surface area contributed by atoms with Crippen molar-refractivity contribution in [2.24, 2.45) is 0 Å². The van der Waals surface area contributed by atoms with Crippen LogP contribution in [0.25, 0.3) is 45.3 Å². The SMILES string of the molecule is Cc1cc2c(cc1/C=c1\c(C)nn3c(/C=C/C(=O)O)nnc13)c1cc(N(C)C)ccc1n2-c1ccc(N(C)C)cc1. The van der Waals surface area contributed by atoms with Gasteiger partial charge in [-0.15, -0.1) is 10.2 Å². The van der Waals surface area contributed by atoms with Gasteiger partial charge in [0.2, 0.25) is 0 Å². The molecule has 3 heterocycles. The van der Waals surface area contributed by atoms with Gasteiger partial charge in [0, 0.05) is 67.3 Å². The molecule has 0 saturated carbocycles. The van der Waals surface area contributed by atoms with Crippen molar-refractivity contribution in [2.45, 2.75) is 13.8 Å². The van der Waals surface area contributed by atoms with Gasteiger partial charge in [-0.05, 0) is 91.7 Å². The summed E-state index contributed by atoms with van der Waals surface area (Å²) < 4.78 is 3.91. The van der Waals surface area contributed by atoms with E-state index in [1.165, 1.54) is 11.5 Å². The van der Waals surface area contributed by atoms with Crippen LogP contribution in [0.1, 0.15) is 22.6 Å². The van der Waals surface area contributed by atoms with Crippen LogP contribution in [0, 0.1) is 13.8 Å². The number of aryl methyl sites for hydroxylation is 2. The Morgan fingerprint density at radius 3 is 2.22 bits per heavy atom. The van der Waals surface area contributed by atoms with E-state index in [-0.39, 0.29) is 0 Å².